The lowest BCUT2D eigenvalue weighted by molar-refractivity contribution is -0.143. The molecule has 0 spiro atoms. The van der Waals surface area contributed by atoms with E-state index in [0.717, 1.165) is 44.9 Å². The molecular weight excluding hydrogens is 1040 g/mol. The normalized spacial score (nSPS) is 12.7. The van der Waals surface area contributed by atoms with Crippen LogP contribution in [0.2, 0.25) is 0 Å². The Balaban J connectivity index is 3.35. The maximum atomic E-state index is 12.5. The SMILES string of the molecule is CCCCCCCC/C=C\CCCCCCCCCCCC(=O)OCCCCCCCCCCCCC/C=C\C/C=C\CCCCCCCCCCCCCCCCCCCC(=O)NC(CO)C(O)CCCCCCCCCCCCCCCC. The van der Waals surface area contributed by atoms with Gasteiger partial charge in [-0.1, -0.05) is 371 Å². The summed E-state index contributed by atoms with van der Waals surface area (Å²) in [6.45, 7) is 4.98. The second-order valence-corrected chi connectivity index (χ2v) is 26.7. The zero-order chi connectivity index (χ0) is 61.3. The Morgan fingerprint density at radius 3 is 0.906 bits per heavy atom. The summed E-state index contributed by atoms with van der Waals surface area (Å²) in [4.78, 5) is 24.6. The van der Waals surface area contributed by atoms with Crippen LogP contribution in [-0.2, 0) is 14.3 Å². The van der Waals surface area contributed by atoms with Gasteiger partial charge in [0.15, 0.2) is 0 Å². The highest BCUT2D eigenvalue weighted by molar-refractivity contribution is 5.76. The molecule has 6 nitrogen and oxygen atoms in total. The molecule has 0 saturated heterocycles. The average molecular weight is 1200 g/mol. The minimum absolute atomic E-state index is 0.0170. The lowest BCUT2D eigenvalue weighted by Gasteiger charge is -2.22. The van der Waals surface area contributed by atoms with Gasteiger partial charge in [0.1, 0.15) is 0 Å². The highest BCUT2D eigenvalue weighted by Gasteiger charge is 2.20. The molecule has 0 rings (SSSR count). The number of nitrogens with one attached hydrogen (secondary N) is 1. The van der Waals surface area contributed by atoms with Crippen molar-refractivity contribution >= 4 is 11.9 Å². The molecule has 2 atom stereocenters. The van der Waals surface area contributed by atoms with E-state index in [1.807, 2.05) is 0 Å². The Bertz CT molecular complexity index is 1380. The molecule has 85 heavy (non-hydrogen) atoms. The van der Waals surface area contributed by atoms with E-state index in [4.69, 9.17) is 4.74 Å². The number of hydrogen-bond donors (Lipinski definition) is 3. The molecule has 0 heterocycles. The third-order valence-electron chi connectivity index (χ3n) is 18.2. The quantitative estimate of drug-likeness (QED) is 0.0320. The first-order valence-corrected chi connectivity index (χ1v) is 38.7. The largest absolute Gasteiger partial charge is 0.466 e. The molecule has 0 aromatic rings. The van der Waals surface area contributed by atoms with E-state index in [1.165, 1.54) is 353 Å². The number of aliphatic hydroxyl groups excluding tert-OH is 2. The van der Waals surface area contributed by atoms with E-state index in [9.17, 15) is 19.8 Å². The van der Waals surface area contributed by atoms with Crippen molar-refractivity contribution in [2.24, 2.45) is 0 Å². The Morgan fingerprint density at radius 2 is 0.588 bits per heavy atom. The topological polar surface area (TPSA) is 95.9 Å². The van der Waals surface area contributed by atoms with Crippen molar-refractivity contribution in [1.82, 2.24) is 5.32 Å². The van der Waals surface area contributed by atoms with Crippen LogP contribution in [0.3, 0.4) is 0 Å². The molecular formula is C79H151NO5. The van der Waals surface area contributed by atoms with Gasteiger partial charge in [0, 0.05) is 12.8 Å². The number of carbonyl (C=O) groups excluding carboxylic acids is 2. The molecule has 0 fully saturated rings. The molecule has 2 unspecified atom stereocenters. The molecule has 0 bridgehead atoms. The summed E-state index contributed by atoms with van der Waals surface area (Å²) in [5.74, 6) is -0.0130. The van der Waals surface area contributed by atoms with Crippen LogP contribution in [0.25, 0.3) is 0 Å². The number of ether oxygens (including phenoxy) is 1. The fraction of sp³-hybridized carbons (Fsp3) is 0.899. The molecule has 0 aliphatic heterocycles. The third-order valence-corrected chi connectivity index (χ3v) is 18.2. The van der Waals surface area contributed by atoms with Gasteiger partial charge in [-0.3, -0.25) is 9.59 Å². The Labute approximate surface area is 532 Å². The van der Waals surface area contributed by atoms with Crippen molar-refractivity contribution < 1.29 is 24.5 Å². The van der Waals surface area contributed by atoms with Gasteiger partial charge < -0.3 is 20.3 Å². The van der Waals surface area contributed by atoms with Crippen LogP contribution < -0.4 is 5.32 Å². The Morgan fingerprint density at radius 1 is 0.329 bits per heavy atom. The van der Waals surface area contributed by atoms with Crippen molar-refractivity contribution in [2.75, 3.05) is 13.2 Å². The number of rotatable bonds is 73. The highest BCUT2D eigenvalue weighted by Crippen LogP contribution is 2.19. The van der Waals surface area contributed by atoms with Crippen LogP contribution in [0.1, 0.15) is 431 Å². The molecule has 3 N–H and O–H groups in total. The summed E-state index contributed by atoms with van der Waals surface area (Å²) in [6.07, 6.45) is 96.6. The van der Waals surface area contributed by atoms with Gasteiger partial charge in [0.2, 0.25) is 5.91 Å². The minimum atomic E-state index is -0.662. The summed E-state index contributed by atoms with van der Waals surface area (Å²) < 4.78 is 5.51. The van der Waals surface area contributed by atoms with E-state index in [0.29, 0.717) is 25.9 Å². The van der Waals surface area contributed by atoms with Gasteiger partial charge in [-0.2, -0.15) is 0 Å². The molecule has 1 amide bonds. The molecule has 0 saturated carbocycles. The zero-order valence-corrected chi connectivity index (χ0v) is 57.6. The summed E-state index contributed by atoms with van der Waals surface area (Å²) in [5, 5.41) is 23.3. The molecule has 0 aromatic heterocycles. The second kappa shape index (κ2) is 74.5. The van der Waals surface area contributed by atoms with Crippen molar-refractivity contribution in [1.29, 1.82) is 0 Å². The number of unbranched alkanes of at least 4 members (excludes halogenated alkanes) is 56. The van der Waals surface area contributed by atoms with Crippen molar-refractivity contribution in [3.8, 4) is 0 Å². The summed E-state index contributed by atoms with van der Waals surface area (Å²) >= 11 is 0. The minimum Gasteiger partial charge on any atom is -0.466 e. The predicted octanol–water partition coefficient (Wildman–Crippen LogP) is 25.4. The maximum Gasteiger partial charge on any atom is 0.305 e. The Kier molecular flexibility index (Phi) is 72.9. The van der Waals surface area contributed by atoms with Crippen LogP contribution in [-0.4, -0.2) is 47.4 Å². The van der Waals surface area contributed by atoms with Crippen molar-refractivity contribution in [3.05, 3.63) is 36.5 Å². The number of allylic oxidation sites excluding steroid dienone is 6. The van der Waals surface area contributed by atoms with Crippen molar-refractivity contribution in [3.63, 3.8) is 0 Å². The predicted molar refractivity (Wildman–Crippen MR) is 375 cm³/mol. The number of aliphatic hydroxyl groups is 2. The lowest BCUT2D eigenvalue weighted by Crippen LogP contribution is -2.45. The second-order valence-electron chi connectivity index (χ2n) is 26.7. The van der Waals surface area contributed by atoms with Crippen LogP contribution >= 0.6 is 0 Å². The number of carbonyl (C=O) groups is 2. The van der Waals surface area contributed by atoms with Gasteiger partial charge >= 0.3 is 5.97 Å². The monoisotopic (exact) mass is 1190 g/mol. The standard InChI is InChI=1S/C79H151NO5/c1-3-5-7-9-11-13-15-17-19-20-38-42-45-49-53-57-61-65-69-73-79(84)85-74-70-66-62-58-54-50-46-43-40-37-35-33-31-29-27-25-23-21-22-24-26-28-30-32-34-36-39-41-44-48-52-56-60-64-68-72-78(83)80-76(75-81)77(82)71-67-63-59-55-51-47-18-16-14-12-10-8-6-4-2/h17,19,23,25,29,31,76-77,81-82H,3-16,18,20-22,24,26-28,30,32-75H2,1-2H3,(H,80,83)/b19-17-,25-23-,31-29-. The average Bonchev–Trinajstić information content (AvgIpc) is 3.51. The highest BCUT2D eigenvalue weighted by atomic mass is 16.5. The fourth-order valence-corrected chi connectivity index (χ4v) is 12.3. The summed E-state index contributed by atoms with van der Waals surface area (Å²) in [7, 11) is 0. The molecule has 0 aliphatic carbocycles. The van der Waals surface area contributed by atoms with Crippen LogP contribution in [0.15, 0.2) is 36.5 Å². The molecule has 0 radical (unpaired) electrons. The van der Waals surface area contributed by atoms with E-state index in [1.54, 1.807) is 0 Å². The Hall–Kier alpha value is -1.92. The first-order chi connectivity index (χ1) is 42.0. The van der Waals surface area contributed by atoms with Crippen molar-refractivity contribution in [2.45, 2.75) is 443 Å². The van der Waals surface area contributed by atoms with Gasteiger partial charge in [-0.15, -0.1) is 0 Å². The molecule has 0 aromatic carbocycles. The van der Waals surface area contributed by atoms with Crippen LogP contribution in [0.5, 0.6) is 0 Å². The smallest absolute Gasteiger partial charge is 0.305 e. The first kappa shape index (κ1) is 83.1. The van der Waals surface area contributed by atoms with Gasteiger partial charge in [0.05, 0.1) is 25.4 Å². The maximum absolute atomic E-state index is 12.5. The first-order valence-electron chi connectivity index (χ1n) is 38.7. The molecule has 6 heteroatoms. The molecule has 502 valence electrons. The zero-order valence-electron chi connectivity index (χ0n) is 57.6. The fourth-order valence-electron chi connectivity index (χ4n) is 12.3. The van der Waals surface area contributed by atoms with E-state index in [2.05, 4.69) is 55.6 Å². The van der Waals surface area contributed by atoms with E-state index in [-0.39, 0.29) is 18.5 Å². The molecule has 0 aliphatic rings. The number of hydrogen-bond acceptors (Lipinski definition) is 5. The van der Waals surface area contributed by atoms with Crippen LogP contribution in [0, 0.1) is 0 Å². The van der Waals surface area contributed by atoms with E-state index < -0.39 is 12.1 Å². The number of amides is 1. The van der Waals surface area contributed by atoms with E-state index >= 15 is 0 Å². The van der Waals surface area contributed by atoms with Crippen LogP contribution in [0.4, 0.5) is 0 Å². The summed E-state index contributed by atoms with van der Waals surface area (Å²) in [6, 6.07) is -0.539. The van der Waals surface area contributed by atoms with Gasteiger partial charge in [0.25, 0.3) is 0 Å². The van der Waals surface area contributed by atoms with Gasteiger partial charge in [-0.05, 0) is 83.5 Å². The number of esters is 1. The van der Waals surface area contributed by atoms with Gasteiger partial charge in [-0.25, -0.2) is 0 Å². The third kappa shape index (κ3) is 71.0. The summed E-state index contributed by atoms with van der Waals surface area (Å²) in [5.41, 5.74) is 0. The lowest BCUT2D eigenvalue weighted by atomic mass is 10.0.